The molecular weight excluding hydrogens is 849 g/mol. The van der Waals surface area contributed by atoms with Crippen LogP contribution in [0.25, 0.3) is 0 Å². The normalized spacial score (nSPS) is 15.4. The topological polar surface area (TPSA) is 123 Å². The minimum Gasteiger partial charge on any atom is -0.511 e. The summed E-state index contributed by atoms with van der Waals surface area (Å²) in [7, 11) is 1.64. The van der Waals surface area contributed by atoms with E-state index in [9.17, 15) is 9.90 Å². The molecule has 2 atom stereocenters. The first-order chi connectivity index (χ1) is 33.2. The molecule has 2 aliphatic carbocycles. The number of carbonyl (C=O) groups is 1. The number of carbonyl (C=O) groups excluding carboxylic acids is 1. The number of pyridine rings is 4. The predicted octanol–water partition coefficient (Wildman–Crippen LogP) is 11.2. The number of methoxy groups -OCH3 is 1. The summed E-state index contributed by atoms with van der Waals surface area (Å²) in [6.45, 7) is 13.7. The fraction of sp³-hybridized carbons (Fsp3) is 0.386. The molecule has 2 aliphatic rings. The number of benzene rings is 1. The van der Waals surface area contributed by atoms with E-state index >= 15 is 0 Å². The molecule has 0 spiro atoms. The zero-order valence-corrected chi connectivity index (χ0v) is 40.6. The number of unbranched alkanes of at least 4 members (excludes halogenated alkanes) is 2. The Morgan fingerprint density at radius 2 is 1.16 bits per heavy atom. The van der Waals surface area contributed by atoms with E-state index in [0.717, 1.165) is 110 Å². The van der Waals surface area contributed by atoms with Crippen LogP contribution in [0.1, 0.15) is 104 Å². The Hall–Kier alpha value is -6.43. The van der Waals surface area contributed by atoms with Gasteiger partial charge in [-0.25, -0.2) is 0 Å². The number of hydrogen-bond donors (Lipinski definition) is 1. The SMILES string of the molecule is COc1c(OCCCCN(Cc2ccccn2)Cc2ccccn2)cc2c(c1CC=C(C)C)C(=O)C1C(O)=C(CC=C(C)C)C(OCCCCN(Cc3ccccn3)Cc3ccccn3)=CC1C2. The van der Waals surface area contributed by atoms with Crippen molar-refractivity contribution in [3.63, 3.8) is 0 Å². The first-order valence-electron chi connectivity index (χ1n) is 24.1. The molecule has 5 aromatic rings. The van der Waals surface area contributed by atoms with Crippen LogP contribution < -0.4 is 9.47 Å². The molecule has 1 N–H and O–H groups in total. The zero-order valence-electron chi connectivity index (χ0n) is 40.6. The number of hydrogen-bond acceptors (Lipinski definition) is 11. The molecule has 0 bridgehead atoms. The molecule has 4 aromatic heterocycles. The molecule has 0 radical (unpaired) electrons. The fourth-order valence-electron chi connectivity index (χ4n) is 9.06. The predicted molar refractivity (Wildman–Crippen MR) is 268 cm³/mol. The Bertz CT molecular complexity index is 2440. The van der Waals surface area contributed by atoms with E-state index in [1.807, 2.05) is 93.2 Å². The number of aliphatic hydroxyl groups excluding tert-OH is 1. The molecule has 1 aromatic carbocycles. The molecule has 2 unspecified atom stereocenters. The quantitative estimate of drug-likeness (QED) is 0.0445. The van der Waals surface area contributed by atoms with Crippen molar-refractivity contribution >= 4 is 5.78 Å². The second-order valence-electron chi connectivity index (χ2n) is 18.3. The summed E-state index contributed by atoms with van der Waals surface area (Å²) in [6, 6.07) is 26.1. The van der Waals surface area contributed by atoms with Gasteiger partial charge in [0, 0.05) is 73.6 Å². The summed E-state index contributed by atoms with van der Waals surface area (Å²) < 4.78 is 19.3. The summed E-state index contributed by atoms with van der Waals surface area (Å²) in [4.78, 5) is 38.0. The zero-order chi connectivity index (χ0) is 47.7. The average molecular weight is 917 g/mol. The number of ketones is 1. The number of aliphatic hydroxyl groups is 1. The lowest BCUT2D eigenvalue weighted by Crippen LogP contribution is -2.36. The summed E-state index contributed by atoms with van der Waals surface area (Å²) in [5.41, 5.74) is 9.33. The van der Waals surface area contributed by atoms with Gasteiger partial charge in [0.1, 0.15) is 11.5 Å². The van der Waals surface area contributed by atoms with Crippen molar-refractivity contribution in [2.45, 2.75) is 98.8 Å². The fourth-order valence-corrected chi connectivity index (χ4v) is 9.06. The molecule has 0 saturated heterocycles. The van der Waals surface area contributed by atoms with Crippen LogP contribution in [0.4, 0.5) is 0 Å². The van der Waals surface area contributed by atoms with Gasteiger partial charge in [0.15, 0.2) is 17.3 Å². The first kappa shape index (κ1) is 49.5. The van der Waals surface area contributed by atoms with Crippen molar-refractivity contribution in [3.8, 4) is 11.5 Å². The highest BCUT2D eigenvalue weighted by atomic mass is 16.5. The molecule has 356 valence electrons. The number of nitrogens with zero attached hydrogens (tertiary/aromatic N) is 6. The Morgan fingerprint density at radius 3 is 1.62 bits per heavy atom. The van der Waals surface area contributed by atoms with Crippen LogP contribution >= 0.6 is 0 Å². The van der Waals surface area contributed by atoms with Crippen LogP contribution in [-0.2, 0) is 43.8 Å². The third kappa shape index (κ3) is 13.8. The van der Waals surface area contributed by atoms with Gasteiger partial charge in [0.2, 0.25) is 0 Å². The lowest BCUT2D eigenvalue weighted by atomic mass is 9.69. The number of rotatable bonds is 25. The summed E-state index contributed by atoms with van der Waals surface area (Å²) in [5, 5.41) is 12.2. The Kier molecular flexibility index (Phi) is 18.2. The van der Waals surface area contributed by atoms with Crippen molar-refractivity contribution in [1.82, 2.24) is 29.7 Å². The average Bonchev–Trinajstić information content (AvgIpc) is 3.33. The lowest BCUT2D eigenvalue weighted by molar-refractivity contribution is 0.0847. The smallest absolute Gasteiger partial charge is 0.174 e. The highest BCUT2D eigenvalue weighted by molar-refractivity contribution is 6.04. The van der Waals surface area contributed by atoms with Gasteiger partial charge in [-0.05, 0) is 152 Å². The molecule has 4 heterocycles. The van der Waals surface area contributed by atoms with Crippen molar-refractivity contribution in [1.29, 1.82) is 0 Å². The minimum absolute atomic E-state index is 0.0948. The largest absolute Gasteiger partial charge is 0.511 e. The third-order valence-electron chi connectivity index (χ3n) is 12.4. The Labute approximate surface area is 403 Å². The molecular formula is C57H68N6O5. The number of fused-ring (bicyclic) bond motifs is 2. The van der Waals surface area contributed by atoms with E-state index in [1.54, 1.807) is 7.11 Å². The second-order valence-corrected chi connectivity index (χ2v) is 18.3. The molecule has 11 heteroatoms. The monoisotopic (exact) mass is 917 g/mol. The molecule has 0 amide bonds. The summed E-state index contributed by atoms with van der Waals surface area (Å²) in [5.74, 6) is 0.869. The second kappa shape index (κ2) is 25.1. The molecule has 0 saturated carbocycles. The van der Waals surface area contributed by atoms with Gasteiger partial charge in [0.25, 0.3) is 0 Å². The van der Waals surface area contributed by atoms with E-state index in [4.69, 9.17) is 14.2 Å². The Morgan fingerprint density at radius 1 is 0.676 bits per heavy atom. The van der Waals surface area contributed by atoms with Crippen LogP contribution in [0.5, 0.6) is 11.5 Å². The van der Waals surface area contributed by atoms with Crippen molar-refractivity contribution in [2.24, 2.45) is 11.8 Å². The van der Waals surface area contributed by atoms with E-state index in [-0.39, 0.29) is 17.5 Å². The van der Waals surface area contributed by atoms with Gasteiger partial charge in [-0.15, -0.1) is 0 Å². The van der Waals surface area contributed by atoms with Crippen molar-refractivity contribution in [2.75, 3.05) is 33.4 Å². The van der Waals surface area contributed by atoms with E-state index in [0.29, 0.717) is 60.9 Å². The molecule has 0 aliphatic heterocycles. The molecule has 68 heavy (non-hydrogen) atoms. The standard InChI is InChI=1S/C57H68N6O5/c1-41(2)22-24-49-51(67-32-16-14-30-62(37-45-18-6-10-26-58-45)38-46-19-7-11-27-59-46)35-44-34-43-36-52(57(66-5)50(25-23-42(3)4)53(43)56(65)54(44)55(49)64)68-33-17-15-31-63(39-47-20-8-12-28-60-47)40-48-21-9-13-29-61-48/h6-13,18-23,26-29,35-36,44,54,64H,14-17,24-25,30-34,37-40H2,1-5H3. The van der Waals surface area contributed by atoms with E-state index < -0.39 is 5.92 Å². The Balaban J connectivity index is 1.06. The highest BCUT2D eigenvalue weighted by Gasteiger charge is 2.44. The van der Waals surface area contributed by atoms with Gasteiger partial charge < -0.3 is 19.3 Å². The van der Waals surface area contributed by atoms with Gasteiger partial charge in [-0.1, -0.05) is 47.6 Å². The van der Waals surface area contributed by atoms with Gasteiger partial charge in [0.05, 0.1) is 49.0 Å². The molecule has 7 rings (SSSR count). The maximum atomic E-state index is 14.9. The number of Topliss-reactive ketones (excluding diaryl/α,β-unsaturated/α-hetero) is 1. The number of allylic oxidation sites excluding steroid dienone is 7. The van der Waals surface area contributed by atoms with Crippen LogP contribution in [0.3, 0.4) is 0 Å². The maximum absolute atomic E-state index is 14.9. The molecule has 0 fully saturated rings. The number of aromatic nitrogens is 4. The summed E-state index contributed by atoms with van der Waals surface area (Å²) >= 11 is 0. The van der Waals surface area contributed by atoms with Crippen LogP contribution in [0, 0.1) is 11.8 Å². The van der Waals surface area contributed by atoms with Crippen LogP contribution in [0.15, 0.2) is 150 Å². The van der Waals surface area contributed by atoms with Crippen molar-refractivity contribution in [3.05, 3.63) is 190 Å². The third-order valence-corrected chi connectivity index (χ3v) is 12.4. The van der Waals surface area contributed by atoms with Gasteiger partial charge in [-0.2, -0.15) is 0 Å². The lowest BCUT2D eigenvalue weighted by Gasteiger charge is -2.36. The minimum atomic E-state index is -0.718. The maximum Gasteiger partial charge on any atom is 0.174 e. The van der Waals surface area contributed by atoms with Crippen LogP contribution in [0.2, 0.25) is 0 Å². The summed E-state index contributed by atoms with van der Waals surface area (Å²) in [6.07, 6.45) is 18.6. The highest BCUT2D eigenvalue weighted by Crippen LogP contribution is 2.47. The van der Waals surface area contributed by atoms with Crippen molar-refractivity contribution < 1.29 is 24.1 Å². The van der Waals surface area contributed by atoms with E-state index in [1.165, 1.54) is 0 Å². The number of ether oxygens (including phenoxy) is 3. The molecule has 11 nitrogen and oxygen atoms in total. The van der Waals surface area contributed by atoms with E-state index in [2.05, 4.69) is 86.1 Å². The van der Waals surface area contributed by atoms with Gasteiger partial charge in [-0.3, -0.25) is 34.5 Å². The first-order valence-corrected chi connectivity index (χ1v) is 24.1. The van der Waals surface area contributed by atoms with Gasteiger partial charge >= 0.3 is 0 Å². The van der Waals surface area contributed by atoms with Crippen LogP contribution in [-0.4, -0.2) is 74.0 Å².